The van der Waals surface area contributed by atoms with Crippen LogP contribution < -0.4 is 15.8 Å². The van der Waals surface area contributed by atoms with Crippen LogP contribution in [0.5, 0.6) is 5.75 Å². The van der Waals surface area contributed by atoms with Gasteiger partial charge in [0.15, 0.2) is 0 Å². The average molecular weight is 452 g/mol. The fraction of sp³-hybridized carbons (Fsp3) is 0.280. The number of esters is 2. The molecule has 0 spiro atoms. The van der Waals surface area contributed by atoms with E-state index in [9.17, 15) is 14.4 Å². The molecule has 174 valence electrons. The second-order valence-corrected chi connectivity index (χ2v) is 7.72. The Morgan fingerprint density at radius 1 is 1.03 bits per heavy atom. The van der Waals surface area contributed by atoms with Gasteiger partial charge in [-0.1, -0.05) is 26.0 Å². The monoisotopic (exact) mass is 451 g/mol. The molecule has 0 heterocycles. The zero-order valence-electron chi connectivity index (χ0n) is 19.2. The third kappa shape index (κ3) is 7.31. The highest BCUT2D eigenvalue weighted by molar-refractivity contribution is 5.99. The number of nitrogens with one attached hydrogen (secondary N) is 2. The van der Waals surface area contributed by atoms with Crippen LogP contribution in [-0.2, 0) is 14.3 Å². The van der Waals surface area contributed by atoms with E-state index in [-0.39, 0.29) is 24.3 Å². The molecule has 0 saturated heterocycles. The second kappa shape index (κ2) is 11.6. The van der Waals surface area contributed by atoms with E-state index in [2.05, 4.69) is 5.32 Å². The summed E-state index contributed by atoms with van der Waals surface area (Å²) in [6.45, 7) is 7.26. The zero-order chi connectivity index (χ0) is 24.5. The molecule has 1 amide bonds. The van der Waals surface area contributed by atoms with Gasteiger partial charge in [0.05, 0.1) is 12.2 Å². The lowest BCUT2D eigenvalue weighted by atomic mass is 10.0. The van der Waals surface area contributed by atoms with E-state index in [4.69, 9.17) is 20.6 Å². The minimum absolute atomic E-state index is 0.0684. The molecule has 0 aliphatic rings. The first kappa shape index (κ1) is 25.3. The summed E-state index contributed by atoms with van der Waals surface area (Å²) < 4.78 is 10.4. The van der Waals surface area contributed by atoms with Gasteiger partial charge in [-0.3, -0.25) is 10.2 Å². The van der Waals surface area contributed by atoms with E-state index in [1.807, 2.05) is 13.8 Å². The van der Waals surface area contributed by atoms with Crippen LogP contribution in [0.2, 0.25) is 0 Å². The highest BCUT2D eigenvalue weighted by atomic mass is 16.5. The van der Waals surface area contributed by atoms with Crippen LogP contribution in [0.15, 0.2) is 54.1 Å². The summed E-state index contributed by atoms with van der Waals surface area (Å²) in [7, 11) is 0. The van der Waals surface area contributed by atoms with E-state index >= 15 is 0 Å². The molecule has 0 unspecified atom stereocenters. The third-order valence-electron chi connectivity index (χ3n) is 4.76. The van der Waals surface area contributed by atoms with E-state index in [1.54, 1.807) is 68.5 Å². The molecule has 2 aromatic carbocycles. The molecule has 0 aliphatic heterocycles. The molecule has 1 atom stereocenters. The molecule has 8 heteroatoms. The van der Waals surface area contributed by atoms with Gasteiger partial charge in [-0.05, 0) is 67.8 Å². The van der Waals surface area contributed by atoms with Crippen molar-refractivity contribution in [3.8, 4) is 5.75 Å². The Balaban J connectivity index is 2.04. The number of benzene rings is 2. The number of amidine groups is 1. The van der Waals surface area contributed by atoms with Crippen LogP contribution >= 0.6 is 0 Å². The van der Waals surface area contributed by atoms with Crippen molar-refractivity contribution in [3.05, 3.63) is 70.8 Å². The molecular weight excluding hydrogens is 422 g/mol. The molecule has 0 aliphatic carbocycles. The molecule has 0 saturated carbocycles. The number of rotatable bonds is 9. The number of hydrogen-bond acceptors (Lipinski definition) is 6. The van der Waals surface area contributed by atoms with Crippen LogP contribution in [0.4, 0.5) is 0 Å². The number of ether oxygens (including phenoxy) is 2. The van der Waals surface area contributed by atoms with E-state index in [0.29, 0.717) is 28.0 Å². The van der Waals surface area contributed by atoms with Crippen molar-refractivity contribution in [3.63, 3.8) is 0 Å². The molecule has 2 rings (SSSR count). The van der Waals surface area contributed by atoms with E-state index < -0.39 is 18.0 Å². The number of nitrogens with two attached hydrogens (primary N) is 1. The lowest BCUT2D eigenvalue weighted by Crippen LogP contribution is -2.45. The zero-order valence-corrected chi connectivity index (χ0v) is 19.2. The summed E-state index contributed by atoms with van der Waals surface area (Å²) >= 11 is 0. The van der Waals surface area contributed by atoms with Gasteiger partial charge < -0.3 is 20.5 Å². The van der Waals surface area contributed by atoms with Crippen molar-refractivity contribution in [1.82, 2.24) is 5.32 Å². The number of carbonyl (C=O) groups is 3. The summed E-state index contributed by atoms with van der Waals surface area (Å²) in [5.74, 6) is -1.23. The molecule has 2 aromatic rings. The van der Waals surface area contributed by atoms with E-state index in [0.717, 1.165) is 0 Å². The Kier molecular flexibility index (Phi) is 8.91. The highest BCUT2D eigenvalue weighted by Gasteiger charge is 2.25. The van der Waals surface area contributed by atoms with Gasteiger partial charge in [0.2, 0.25) is 5.91 Å². The Morgan fingerprint density at radius 3 is 2.12 bits per heavy atom. The largest absolute Gasteiger partial charge is 0.464 e. The molecule has 0 bridgehead atoms. The maximum atomic E-state index is 12.5. The lowest BCUT2D eigenvalue weighted by Gasteiger charge is -2.20. The maximum absolute atomic E-state index is 12.5. The van der Waals surface area contributed by atoms with Gasteiger partial charge in [0.25, 0.3) is 0 Å². The summed E-state index contributed by atoms with van der Waals surface area (Å²) in [6, 6.07) is 12.2. The quantitative estimate of drug-likeness (QED) is 0.176. The van der Waals surface area contributed by atoms with Gasteiger partial charge in [-0.2, -0.15) is 0 Å². The standard InChI is InChI=1S/C25H29N3O5/c1-5-32-25(31)21(15(2)3)28-23(29)16(4)14-17-6-8-19(9-7-17)24(30)33-20-12-10-18(11-13-20)22(26)27/h6-15,21H,5H2,1-4H3,(H3,26,27)(H,28,29)/t21-/m0/s1. The summed E-state index contributed by atoms with van der Waals surface area (Å²) in [6.07, 6.45) is 1.66. The van der Waals surface area contributed by atoms with Crippen molar-refractivity contribution in [2.24, 2.45) is 11.7 Å². The molecule has 33 heavy (non-hydrogen) atoms. The Bertz CT molecular complexity index is 1040. The van der Waals surface area contributed by atoms with Crippen molar-refractivity contribution < 1.29 is 23.9 Å². The number of carbonyl (C=O) groups excluding carboxylic acids is 3. The van der Waals surface area contributed by atoms with Crippen LogP contribution in [0.1, 0.15) is 49.2 Å². The smallest absolute Gasteiger partial charge is 0.343 e. The first-order chi connectivity index (χ1) is 15.6. The van der Waals surface area contributed by atoms with Gasteiger partial charge in [-0.25, -0.2) is 9.59 Å². The van der Waals surface area contributed by atoms with E-state index in [1.165, 1.54) is 0 Å². The summed E-state index contributed by atoms with van der Waals surface area (Å²) in [4.78, 5) is 37.0. The first-order valence-electron chi connectivity index (χ1n) is 10.5. The first-order valence-corrected chi connectivity index (χ1v) is 10.5. The molecule has 0 aromatic heterocycles. The van der Waals surface area contributed by atoms with Crippen LogP contribution in [0, 0.1) is 11.3 Å². The molecule has 0 fully saturated rings. The minimum Gasteiger partial charge on any atom is -0.464 e. The molecule has 8 nitrogen and oxygen atoms in total. The predicted octanol–water partition coefficient (Wildman–Crippen LogP) is 3.30. The fourth-order valence-corrected chi connectivity index (χ4v) is 2.88. The minimum atomic E-state index is -0.734. The normalized spacial score (nSPS) is 12.1. The van der Waals surface area contributed by atoms with Crippen LogP contribution in [0.25, 0.3) is 6.08 Å². The number of amides is 1. The van der Waals surface area contributed by atoms with Crippen LogP contribution in [0.3, 0.4) is 0 Å². The molecule has 4 N–H and O–H groups in total. The van der Waals surface area contributed by atoms with Crippen molar-refractivity contribution in [2.45, 2.75) is 33.7 Å². The van der Waals surface area contributed by atoms with Crippen LogP contribution in [-0.4, -0.2) is 36.3 Å². The van der Waals surface area contributed by atoms with Crippen molar-refractivity contribution in [2.75, 3.05) is 6.61 Å². The number of nitrogen functional groups attached to an aromatic ring is 1. The topological polar surface area (TPSA) is 132 Å². The Hall–Kier alpha value is -3.94. The molecular formula is C25H29N3O5. The highest BCUT2D eigenvalue weighted by Crippen LogP contribution is 2.16. The Labute approximate surface area is 193 Å². The third-order valence-corrected chi connectivity index (χ3v) is 4.76. The second-order valence-electron chi connectivity index (χ2n) is 7.72. The van der Waals surface area contributed by atoms with Gasteiger partial charge in [0.1, 0.15) is 17.6 Å². The van der Waals surface area contributed by atoms with Crippen molar-refractivity contribution in [1.29, 1.82) is 5.41 Å². The lowest BCUT2D eigenvalue weighted by molar-refractivity contribution is -0.148. The number of hydrogen-bond donors (Lipinski definition) is 3. The van der Waals surface area contributed by atoms with Gasteiger partial charge in [0, 0.05) is 11.1 Å². The average Bonchev–Trinajstić information content (AvgIpc) is 2.77. The predicted molar refractivity (Wildman–Crippen MR) is 126 cm³/mol. The van der Waals surface area contributed by atoms with Gasteiger partial charge in [-0.15, -0.1) is 0 Å². The Morgan fingerprint density at radius 2 is 1.61 bits per heavy atom. The summed E-state index contributed by atoms with van der Waals surface area (Å²) in [5.41, 5.74) is 7.40. The maximum Gasteiger partial charge on any atom is 0.343 e. The van der Waals surface area contributed by atoms with Crippen molar-refractivity contribution >= 4 is 29.8 Å². The van der Waals surface area contributed by atoms with Gasteiger partial charge >= 0.3 is 11.9 Å². The fourth-order valence-electron chi connectivity index (χ4n) is 2.88. The summed E-state index contributed by atoms with van der Waals surface area (Å²) in [5, 5.41) is 10.1. The molecule has 0 radical (unpaired) electrons. The SMILES string of the molecule is CCOC(=O)[C@@H](NC(=O)C(C)=Cc1ccc(C(=O)Oc2ccc(C(=N)N)cc2)cc1)C(C)C.